The van der Waals surface area contributed by atoms with E-state index >= 15 is 0 Å². The first-order chi connectivity index (χ1) is 13.1. The van der Waals surface area contributed by atoms with Gasteiger partial charge in [-0.15, -0.1) is 0 Å². The zero-order chi connectivity index (χ0) is 19.9. The van der Waals surface area contributed by atoms with Gasteiger partial charge in [0.05, 0.1) is 7.11 Å². The molecule has 0 amide bonds. The molecule has 0 unspecified atom stereocenters. The van der Waals surface area contributed by atoms with Gasteiger partial charge in [0.15, 0.2) is 6.29 Å². The second-order valence-corrected chi connectivity index (χ2v) is 5.72. The molecule has 0 aromatic heterocycles. The van der Waals surface area contributed by atoms with Crippen molar-refractivity contribution in [2.24, 2.45) is 0 Å². The highest BCUT2D eigenvalue weighted by Gasteiger charge is 1.99. The van der Waals surface area contributed by atoms with Crippen LogP contribution in [0.5, 0.6) is 11.5 Å². The quantitative estimate of drug-likeness (QED) is 0.623. The first kappa shape index (κ1) is 22.2. The molecule has 6 nitrogen and oxygen atoms in total. The summed E-state index contributed by atoms with van der Waals surface area (Å²) in [6.07, 6.45) is 2.37. The van der Waals surface area contributed by atoms with Crippen molar-refractivity contribution in [3.63, 3.8) is 0 Å². The van der Waals surface area contributed by atoms with Crippen molar-refractivity contribution in [2.75, 3.05) is 27.3 Å². The standard InChI is InChI=1S/C11H12O4.C10H15NO/c12-7-8-15-10-4-1-9(2-5-10)3-6-11(13)14;1-11-8-7-9-3-5-10(12-2)6-4-9/h1-2,4-5,7H,3,6,8H2,(H,13,14);3-6,11H,7-8H2,1-2H3. The van der Waals surface area contributed by atoms with Crippen LogP contribution in [-0.4, -0.2) is 44.7 Å². The summed E-state index contributed by atoms with van der Waals surface area (Å²) in [6, 6.07) is 15.2. The van der Waals surface area contributed by atoms with Crippen molar-refractivity contribution < 1.29 is 24.2 Å². The second-order valence-electron chi connectivity index (χ2n) is 5.72. The van der Waals surface area contributed by atoms with E-state index in [1.165, 1.54) is 5.56 Å². The highest BCUT2D eigenvalue weighted by atomic mass is 16.5. The molecule has 0 heterocycles. The lowest BCUT2D eigenvalue weighted by molar-refractivity contribution is -0.137. The van der Waals surface area contributed by atoms with Gasteiger partial charge in [0.2, 0.25) is 0 Å². The minimum atomic E-state index is -0.809. The number of aliphatic carboxylic acids is 1. The molecule has 6 heteroatoms. The molecule has 0 aliphatic rings. The Morgan fingerprint density at radius 1 is 1.00 bits per heavy atom. The van der Waals surface area contributed by atoms with E-state index in [4.69, 9.17) is 14.6 Å². The van der Waals surface area contributed by atoms with Crippen LogP contribution < -0.4 is 14.8 Å². The minimum absolute atomic E-state index is 0.0362. The van der Waals surface area contributed by atoms with Gasteiger partial charge in [0, 0.05) is 6.42 Å². The number of carboxylic acids is 1. The van der Waals surface area contributed by atoms with Crippen molar-refractivity contribution in [1.82, 2.24) is 5.32 Å². The third-order valence-electron chi connectivity index (χ3n) is 3.69. The SMILES string of the molecule is CNCCc1ccc(OC)cc1.O=CCOc1ccc(CCC(=O)O)cc1. The maximum absolute atomic E-state index is 10.3. The van der Waals surface area contributed by atoms with Crippen molar-refractivity contribution in [3.8, 4) is 11.5 Å². The summed E-state index contributed by atoms with van der Waals surface area (Å²) in [4.78, 5) is 20.3. The maximum atomic E-state index is 10.3. The van der Waals surface area contributed by atoms with E-state index in [1.807, 2.05) is 19.2 Å². The topological polar surface area (TPSA) is 84.9 Å². The molecule has 2 rings (SSSR count). The van der Waals surface area contributed by atoms with Crippen molar-refractivity contribution in [3.05, 3.63) is 59.7 Å². The van der Waals surface area contributed by atoms with Crippen molar-refractivity contribution in [1.29, 1.82) is 0 Å². The Labute approximate surface area is 160 Å². The van der Waals surface area contributed by atoms with Crippen molar-refractivity contribution >= 4 is 12.3 Å². The van der Waals surface area contributed by atoms with E-state index < -0.39 is 5.97 Å². The number of carbonyl (C=O) groups excluding carboxylic acids is 1. The molecule has 0 saturated heterocycles. The van der Waals surface area contributed by atoms with Crippen LogP contribution in [0.15, 0.2) is 48.5 Å². The normalized spacial score (nSPS) is 9.70. The number of ether oxygens (including phenoxy) is 2. The molecular weight excluding hydrogens is 346 g/mol. The first-order valence-corrected chi connectivity index (χ1v) is 8.73. The third kappa shape index (κ3) is 10.0. The number of likely N-dealkylation sites (N-methyl/N-ethyl adjacent to an activating group) is 1. The highest BCUT2D eigenvalue weighted by Crippen LogP contribution is 2.13. The summed E-state index contributed by atoms with van der Waals surface area (Å²) in [5.74, 6) is 0.723. The van der Waals surface area contributed by atoms with Gasteiger partial charge >= 0.3 is 5.97 Å². The highest BCUT2D eigenvalue weighted by molar-refractivity contribution is 5.67. The molecule has 146 valence electrons. The molecule has 2 aromatic carbocycles. The molecule has 27 heavy (non-hydrogen) atoms. The van der Waals surface area contributed by atoms with Gasteiger partial charge in [-0.05, 0) is 61.8 Å². The number of hydrogen-bond donors (Lipinski definition) is 2. The molecule has 2 N–H and O–H groups in total. The Balaban J connectivity index is 0.000000277. The summed E-state index contributed by atoms with van der Waals surface area (Å²) < 4.78 is 10.1. The van der Waals surface area contributed by atoms with Gasteiger partial charge in [0.25, 0.3) is 0 Å². The van der Waals surface area contributed by atoms with Gasteiger partial charge in [-0.25, -0.2) is 0 Å². The average Bonchev–Trinajstić information content (AvgIpc) is 2.70. The largest absolute Gasteiger partial charge is 0.497 e. The van der Waals surface area contributed by atoms with Gasteiger partial charge in [-0.1, -0.05) is 24.3 Å². The number of nitrogens with one attached hydrogen (secondary N) is 1. The lowest BCUT2D eigenvalue weighted by atomic mass is 10.1. The van der Waals surface area contributed by atoms with Crippen LogP contribution in [0.25, 0.3) is 0 Å². The Bertz CT molecular complexity index is 668. The summed E-state index contributed by atoms with van der Waals surface area (Å²) in [5, 5.41) is 11.6. The minimum Gasteiger partial charge on any atom is -0.497 e. The lowest BCUT2D eigenvalue weighted by Crippen LogP contribution is -2.10. The van der Waals surface area contributed by atoms with E-state index in [9.17, 15) is 9.59 Å². The Morgan fingerprint density at radius 3 is 2.04 bits per heavy atom. The lowest BCUT2D eigenvalue weighted by Gasteiger charge is -2.03. The van der Waals surface area contributed by atoms with E-state index in [0.717, 1.165) is 24.3 Å². The second kappa shape index (κ2) is 13.4. The smallest absolute Gasteiger partial charge is 0.303 e. The third-order valence-corrected chi connectivity index (χ3v) is 3.69. The van der Waals surface area contributed by atoms with Crippen LogP contribution in [0, 0.1) is 0 Å². The Morgan fingerprint density at radius 2 is 1.56 bits per heavy atom. The zero-order valence-electron chi connectivity index (χ0n) is 15.8. The number of carboxylic acid groups (broad SMARTS) is 1. The molecule has 2 aromatic rings. The van der Waals surface area contributed by atoms with E-state index in [2.05, 4.69) is 17.4 Å². The number of hydrogen-bond acceptors (Lipinski definition) is 5. The fourth-order valence-corrected chi connectivity index (χ4v) is 2.20. The summed E-state index contributed by atoms with van der Waals surface area (Å²) >= 11 is 0. The van der Waals surface area contributed by atoms with Crippen LogP contribution in [0.2, 0.25) is 0 Å². The molecular formula is C21H27NO5. The summed E-state index contributed by atoms with van der Waals surface area (Å²) in [7, 11) is 3.64. The first-order valence-electron chi connectivity index (χ1n) is 8.73. The van der Waals surface area contributed by atoms with E-state index in [-0.39, 0.29) is 13.0 Å². The van der Waals surface area contributed by atoms with Crippen LogP contribution in [0.4, 0.5) is 0 Å². The van der Waals surface area contributed by atoms with E-state index in [0.29, 0.717) is 18.5 Å². The Kier molecular flexibility index (Phi) is 11.0. The molecule has 0 fully saturated rings. The number of aryl methyl sites for hydroxylation is 1. The Hall–Kier alpha value is -2.86. The maximum Gasteiger partial charge on any atom is 0.303 e. The fourth-order valence-electron chi connectivity index (χ4n) is 2.20. The van der Waals surface area contributed by atoms with Crippen LogP contribution in [0.1, 0.15) is 17.5 Å². The average molecular weight is 373 g/mol. The molecule has 0 bridgehead atoms. The predicted octanol–water partition coefficient (Wildman–Crippen LogP) is 2.74. The molecule has 0 atom stereocenters. The molecule has 0 radical (unpaired) electrons. The van der Waals surface area contributed by atoms with Crippen molar-refractivity contribution in [2.45, 2.75) is 19.3 Å². The number of benzene rings is 2. The molecule has 0 spiro atoms. The van der Waals surface area contributed by atoms with Gasteiger partial charge in [0.1, 0.15) is 18.1 Å². The van der Waals surface area contributed by atoms with Gasteiger partial charge in [-0.2, -0.15) is 0 Å². The predicted molar refractivity (Wildman–Crippen MR) is 105 cm³/mol. The van der Waals surface area contributed by atoms with Crippen LogP contribution >= 0.6 is 0 Å². The monoisotopic (exact) mass is 373 g/mol. The summed E-state index contributed by atoms with van der Waals surface area (Å²) in [5.41, 5.74) is 2.28. The number of carbonyl (C=O) groups is 2. The van der Waals surface area contributed by atoms with Crippen LogP contribution in [0.3, 0.4) is 0 Å². The molecule has 0 saturated carbocycles. The van der Waals surface area contributed by atoms with E-state index in [1.54, 1.807) is 31.4 Å². The zero-order valence-corrected chi connectivity index (χ0v) is 15.8. The van der Waals surface area contributed by atoms with Crippen LogP contribution in [-0.2, 0) is 22.4 Å². The molecule has 0 aliphatic heterocycles. The van der Waals surface area contributed by atoms with Gasteiger partial charge in [-0.3, -0.25) is 9.59 Å². The fraction of sp³-hybridized carbons (Fsp3) is 0.333. The number of aldehydes is 1. The molecule has 0 aliphatic carbocycles. The van der Waals surface area contributed by atoms with Gasteiger partial charge < -0.3 is 19.9 Å². The summed E-state index contributed by atoms with van der Waals surface area (Å²) in [6.45, 7) is 1.06. The number of rotatable bonds is 10. The number of methoxy groups -OCH3 is 1.